The van der Waals surface area contributed by atoms with E-state index in [1.807, 2.05) is 13.1 Å². The van der Waals surface area contributed by atoms with Gasteiger partial charge in [0, 0.05) is 38.2 Å². The molecule has 134 valence electrons. The van der Waals surface area contributed by atoms with E-state index in [9.17, 15) is 0 Å². The lowest BCUT2D eigenvalue weighted by atomic mass is 10.1. The second kappa shape index (κ2) is 7.07. The quantitative estimate of drug-likeness (QED) is 0.827. The predicted molar refractivity (Wildman–Crippen MR) is 94.4 cm³/mol. The number of aryl methyl sites for hydroxylation is 1. The van der Waals surface area contributed by atoms with E-state index in [1.165, 1.54) is 25.7 Å². The smallest absolute Gasteiger partial charge is 0.223 e. The summed E-state index contributed by atoms with van der Waals surface area (Å²) < 4.78 is 5.08. The first-order valence-electron chi connectivity index (χ1n) is 9.26. The summed E-state index contributed by atoms with van der Waals surface area (Å²) in [4.78, 5) is 18.3. The summed E-state index contributed by atoms with van der Waals surface area (Å²) in [6, 6.07) is 2.59. The summed E-state index contributed by atoms with van der Waals surface area (Å²) in [5.41, 5.74) is 0. The first kappa shape index (κ1) is 16.4. The zero-order valence-corrected chi connectivity index (χ0v) is 15.1. The number of nitrogens with zero attached hydrogens (tertiary/aromatic N) is 6. The lowest BCUT2D eigenvalue weighted by molar-refractivity contribution is 0.209. The topological polar surface area (TPSA) is 71.2 Å². The van der Waals surface area contributed by atoms with E-state index in [2.05, 4.69) is 38.0 Å². The Labute approximate surface area is 148 Å². The van der Waals surface area contributed by atoms with Crippen molar-refractivity contribution in [3.63, 3.8) is 0 Å². The molecule has 7 nitrogen and oxygen atoms in total. The molecule has 1 aliphatic heterocycles. The predicted octanol–water partition coefficient (Wildman–Crippen LogP) is 2.54. The minimum absolute atomic E-state index is 0.536. The second-order valence-corrected chi connectivity index (χ2v) is 7.26. The van der Waals surface area contributed by atoms with Gasteiger partial charge in [-0.05, 0) is 45.2 Å². The van der Waals surface area contributed by atoms with E-state index in [4.69, 9.17) is 9.51 Å². The number of anilines is 1. The summed E-state index contributed by atoms with van der Waals surface area (Å²) in [5, 5.41) is 4.01. The third kappa shape index (κ3) is 3.98. The Morgan fingerprint density at radius 1 is 1.20 bits per heavy atom. The van der Waals surface area contributed by atoms with Crippen molar-refractivity contribution in [3.8, 4) is 0 Å². The lowest BCUT2D eigenvalue weighted by Crippen LogP contribution is -2.33. The first-order chi connectivity index (χ1) is 12.2. The van der Waals surface area contributed by atoms with Gasteiger partial charge in [-0.3, -0.25) is 4.90 Å². The Morgan fingerprint density at radius 2 is 2.08 bits per heavy atom. The van der Waals surface area contributed by atoms with Crippen molar-refractivity contribution in [3.05, 3.63) is 29.8 Å². The van der Waals surface area contributed by atoms with Crippen LogP contribution in [0.2, 0.25) is 0 Å². The molecule has 2 fully saturated rings. The van der Waals surface area contributed by atoms with Crippen molar-refractivity contribution < 1.29 is 4.52 Å². The van der Waals surface area contributed by atoms with Crippen molar-refractivity contribution in [1.29, 1.82) is 0 Å². The van der Waals surface area contributed by atoms with Crippen LogP contribution in [0.3, 0.4) is 0 Å². The van der Waals surface area contributed by atoms with Crippen LogP contribution < -0.4 is 4.90 Å². The van der Waals surface area contributed by atoms with Crippen LogP contribution in [0.1, 0.15) is 55.6 Å². The van der Waals surface area contributed by atoms with Crippen LogP contribution in [0.5, 0.6) is 0 Å². The van der Waals surface area contributed by atoms with Crippen LogP contribution >= 0.6 is 0 Å². The highest BCUT2D eigenvalue weighted by Crippen LogP contribution is 2.38. The fraction of sp³-hybridized carbons (Fsp3) is 0.667. The number of aromatic nitrogens is 4. The Hall–Kier alpha value is -2.02. The Morgan fingerprint density at radius 3 is 2.84 bits per heavy atom. The van der Waals surface area contributed by atoms with Crippen LogP contribution in [0.25, 0.3) is 0 Å². The molecule has 3 heterocycles. The van der Waals surface area contributed by atoms with Crippen LogP contribution in [-0.2, 0) is 6.54 Å². The fourth-order valence-corrected chi connectivity index (χ4v) is 3.58. The standard InChI is InChI=1S/C18H26N6O/c1-13-20-16(22-25-13)12-23(2)15-4-3-10-24(11-8-15)17-7-9-19-18(21-17)14-5-6-14/h7,9,14-15H,3-6,8,10-12H2,1-2H3/t15-/m0/s1. The summed E-state index contributed by atoms with van der Waals surface area (Å²) in [5.74, 6) is 4.12. The third-order valence-electron chi connectivity index (χ3n) is 5.21. The van der Waals surface area contributed by atoms with Crippen LogP contribution in [0, 0.1) is 6.92 Å². The molecule has 4 rings (SSSR count). The molecule has 1 atom stereocenters. The zero-order chi connectivity index (χ0) is 17.2. The Balaban J connectivity index is 1.37. The molecule has 25 heavy (non-hydrogen) atoms. The molecule has 2 aromatic heterocycles. The Bertz CT molecular complexity index is 713. The molecule has 0 spiro atoms. The van der Waals surface area contributed by atoms with E-state index in [1.54, 1.807) is 0 Å². The molecule has 0 bridgehead atoms. The van der Waals surface area contributed by atoms with Gasteiger partial charge in [0.2, 0.25) is 5.89 Å². The molecule has 0 amide bonds. The SMILES string of the molecule is Cc1nc(CN(C)[C@H]2CCCN(c3ccnc(C4CC4)n3)CC2)no1. The van der Waals surface area contributed by atoms with Gasteiger partial charge < -0.3 is 9.42 Å². The maximum absolute atomic E-state index is 5.08. The number of rotatable bonds is 5. The summed E-state index contributed by atoms with van der Waals surface area (Å²) in [6.45, 7) is 4.66. The van der Waals surface area contributed by atoms with Gasteiger partial charge in [-0.15, -0.1) is 0 Å². The highest BCUT2D eigenvalue weighted by Gasteiger charge is 2.27. The molecule has 1 saturated carbocycles. The molecule has 0 radical (unpaired) electrons. The minimum Gasteiger partial charge on any atom is -0.356 e. The van der Waals surface area contributed by atoms with Crippen molar-refractivity contribution in [1.82, 2.24) is 25.0 Å². The lowest BCUT2D eigenvalue weighted by Gasteiger charge is -2.26. The molecule has 1 aliphatic carbocycles. The van der Waals surface area contributed by atoms with Crippen molar-refractivity contribution in [2.24, 2.45) is 0 Å². The van der Waals surface area contributed by atoms with Crippen molar-refractivity contribution in [2.75, 3.05) is 25.0 Å². The summed E-state index contributed by atoms with van der Waals surface area (Å²) in [6.07, 6.45) is 7.88. The van der Waals surface area contributed by atoms with Gasteiger partial charge in [-0.25, -0.2) is 9.97 Å². The van der Waals surface area contributed by atoms with Crippen LogP contribution in [0.4, 0.5) is 5.82 Å². The van der Waals surface area contributed by atoms with Gasteiger partial charge in [0.15, 0.2) is 5.82 Å². The largest absolute Gasteiger partial charge is 0.356 e. The maximum Gasteiger partial charge on any atom is 0.223 e. The molecule has 0 N–H and O–H groups in total. The van der Waals surface area contributed by atoms with Gasteiger partial charge >= 0.3 is 0 Å². The normalized spacial score (nSPS) is 21.6. The van der Waals surface area contributed by atoms with E-state index in [-0.39, 0.29) is 0 Å². The highest BCUT2D eigenvalue weighted by molar-refractivity contribution is 5.38. The first-order valence-corrected chi connectivity index (χ1v) is 9.26. The van der Waals surface area contributed by atoms with Crippen LogP contribution in [-0.4, -0.2) is 51.2 Å². The molecule has 0 unspecified atom stereocenters. The van der Waals surface area contributed by atoms with E-state index >= 15 is 0 Å². The number of hydrogen-bond donors (Lipinski definition) is 0. The van der Waals surface area contributed by atoms with Gasteiger partial charge in [-0.1, -0.05) is 5.16 Å². The molecular weight excluding hydrogens is 316 g/mol. The molecule has 0 aromatic carbocycles. The number of hydrogen-bond acceptors (Lipinski definition) is 7. The van der Waals surface area contributed by atoms with E-state index in [0.29, 0.717) is 17.9 Å². The average molecular weight is 342 g/mol. The van der Waals surface area contributed by atoms with E-state index < -0.39 is 0 Å². The summed E-state index contributed by atoms with van der Waals surface area (Å²) in [7, 11) is 2.15. The molecule has 2 aromatic rings. The average Bonchev–Trinajstić information content (AvgIpc) is 3.42. The second-order valence-electron chi connectivity index (χ2n) is 7.26. The molecular formula is C18H26N6O. The van der Waals surface area contributed by atoms with Crippen molar-refractivity contribution >= 4 is 5.82 Å². The minimum atomic E-state index is 0.536. The molecule has 1 saturated heterocycles. The molecule has 2 aliphatic rings. The van der Waals surface area contributed by atoms with Gasteiger partial charge in [0.25, 0.3) is 0 Å². The highest BCUT2D eigenvalue weighted by atomic mass is 16.5. The van der Waals surface area contributed by atoms with Crippen molar-refractivity contribution in [2.45, 2.75) is 57.5 Å². The summed E-state index contributed by atoms with van der Waals surface area (Å²) >= 11 is 0. The maximum atomic E-state index is 5.08. The van der Waals surface area contributed by atoms with Crippen LogP contribution in [0.15, 0.2) is 16.8 Å². The monoisotopic (exact) mass is 342 g/mol. The fourth-order valence-electron chi connectivity index (χ4n) is 3.58. The Kier molecular flexibility index (Phi) is 4.65. The van der Waals surface area contributed by atoms with Gasteiger partial charge in [-0.2, -0.15) is 4.98 Å². The van der Waals surface area contributed by atoms with Gasteiger partial charge in [0.05, 0.1) is 6.54 Å². The van der Waals surface area contributed by atoms with Gasteiger partial charge in [0.1, 0.15) is 11.6 Å². The zero-order valence-electron chi connectivity index (χ0n) is 15.1. The molecule has 7 heteroatoms. The van der Waals surface area contributed by atoms with E-state index in [0.717, 1.165) is 43.5 Å². The third-order valence-corrected chi connectivity index (χ3v) is 5.21.